The van der Waals surface area contributed by atoms with E-state index in [0.717, 1.165) is 0 Å². The van der Waals surface area contributed by atoms with E-state index in [1.165, 1.54) is 12.1 Å². The van der Waals surface area contributed by atoms with Crippen LogP contribution in [0.2, 0.25) is 5.02 Å². The topological polar surface area (TPSA) is 29.5 Å². The average molecular weight is 183 g/mol. The molecule has 0 aliphatic rings. The molecule has 62 valence electrons. The molecule has 0 unspecified atom stereocenters. The maximum absolute atomic E-state index is 9.05. The zero-order chi connectivity index (χ0) is 8.97. The summed E-state index contributed by atoms with van der Waals surface area (Å²) >= 11 is 5.73. The highest BCUT2D eigenvalue weighted by molar-refractivity contribution is 6.32. The van der Waals surface area contributed by atoms with Crippen molar-refractivity contribution in [2.75, 3.05) is 6.61 Å². The number of halogens is 1. The Bertz CT molecular complexity index is 315. The SMILES string of the molecule is C#CCOc1cc(O)ccc1Cl. The number of phenols is 1. The lowest BCUT2D eigenvalue weighted by atomic mass is 10.3. The van der Waals surface area contributed by atoms with E-state index in [9.17, 15) is 0 Å². The summed E-state index contributed by atoms with van der Waals surface area (Å²) in [6, 6.07) is 4.44. The van der Waals surface area contributed by atoms with Crippen LogP contribution in [0.5, 0.6) is 11.5 Å². The molecule has 0 spiro atoms. The highest BCUT2D eigenvalue weighted by Gasteiger charge is 2.00. The fourth-order valence-electron chi connectivity index (χ4n) is 0.722. The number of rotatable bonds is 2. The smallest absolute Gasteiger partial charge is 0.148 e. The van der Waals surface area contributed by atoms with Crippen LogP contribution in [0.1, 0.15) is 0 Å². The minimum absolute atomic E-state index is 0.103. The summed E-state index contributed by atoms with van der Waals surface area (Å²) < 4.78 is 5.04. The summed E-state index contributed by atoms with van der Waals surface area (Å²) in [5.41, 5.74) is 0. The zero-order valence-corrected chi connectivity index (χ0v) is 7.01. The van der Waals surface area contributed by atoms with Crippen LogP contribution >= 0.6 is 11.6 Å². The number of phenolic OH excluding ortho intramolecular Hbond substituents is 1. The summed E-state index contributed by atoms with van der Waals surface area (Å²) in [5.74, 6) is 2.80. The van der Waals surface area contributed by atoms with Gasteiger partial charge in [-0.25, -0.2) is 0 Å². The van der Waals surface area contributed by atoms with Crippen molar-refractivity contribution in [1.82, 2.24) is 0 Å². The number of hydrogen-bond donors (Lipinski definition) is 1. The van der Waals surface area contributed by atoms with E-state index in [4.69, 9.17) is 27.9 Å². The molecule has 1 aromatic rings. The van der Waals surface area contributed by atoms with Crippen molar-refractivity contribution in [3.05, 3.63) is 23.2 Å². The van der Waals surface area contributed by atoms with Crippen molar-refractivity contribution in [2.24, 2.45) is 0 Å². The van der Waals surface area contributed by atoms with Crippen LogP contribution in [-0.4, -0.2) is 11.7 Å². The first-order chi connectivity index (χ1) is 5.74. The van der Waals surface area contributed by atoms with Gasteiger partial charge in [-0.15, -0.1) is 6.42 Å². The Labute approximate surface area is 75.7 Å². The molecule has 0 aromatic heterocycles. The third-order valence-corrected chi connectivity index (χ3v) is 1.54. The third-order valence-electron chi connectivity index (χ3n) is 1.23. The van der Waals surface area contributed by atoms with E-state index < -0.39 is 0 Å². The molecular weight excluding hydrogens is 176 g/mol. The minimum Gasteiger partial charge on any atom is -0.508 e. The fourth-order valence-corrected chi connectivity index (χ4v) is 0.894. The second kappa shape index (κ2) is 3.89. The van der Waals surface area contributed by atoms with Gasteiger partial charge in [0.15, 0.2) is 0 Å². The van der Waals surface area contributed by atoms with E-state index >= 15 is 0 Å². The maximum Gasteiger partial charge on any atom is 0.148 e. The molecule has 0 aliphatic carbocycles. The van der Waals surface area contributed by atoms with Gasteiger partial charge in [0.05, 0.1) is 5.02 Å². The molecule has 12 heavy (non-hydrogen) atoms. The molecule has 1 aromatic carbocycles. The van der Waals surface area contributed by atoms with Gasteiger partial charge in [-0.2, -0.15) is 0 Å². The van der Waals surface area contributed by atoms with Crippen LogP contribution in [0, 0.1) is 12.3 Å². The molecule has 0 heterocycles. The first-order valence-electron chi connectivity index (χ1n) is 3.29. The Hall–Kier alpha value is -1.33. The molecular formula is C9H7ClO2. The van der Waals surface area contributed by atoms with Gasteiger partial charge >= 0.3 is 0 Å². The van der Waals surface area contributed by atoms with Crippen molar-refractivity contribution in [1.29, 1.82) is 0 Å². The molecule has 3 heteroatoms. The summed E-state index contributed by atoms with van der Waals surface area (Å²) in [6.07, 6.45) is 4.98. The number of ether oxygens (including phenoxy) is 1. The zero-order valence-electron chi connectivity index (χ0n) is 6.25. The van der Waals surface area contributed by atoms with Gasteiger partial charge in [0, 0.05) is 6.07 Å². The summed E-state index contributed by atoms with van der Waals surface area (Å²) in [6.45, 7) is 0.142. The van der Waals surface area contributed by atoms with E-state index in [-0.39, 0.29) is 12.4 Å². The maximum atomic E-state index is 9.05. The number of benzene rings is 1. The summed E-state index contributed by atoms with van der Waals surface area (Å²) in [5, 5.41) is 9.48. The van der Waals surface area contributed by atoms with Crippen LogP contribution < -0.4 is 4.74 Å². The van der Waals surface area contributed by atoms with Crippen LogP contribution in [-0.2, 0) is 0 Å². The molecule has 1 rings (SSSR count). The Morgan fingerprint density at radius 3 is 3.00 bits per heavy atom. The Kier molecular flexibility index (Phi) is 2.84. The van der Waals surface area contributed by atoms with Crippen LogP contribution in [0.4, 0.5) is 0 Å². The van der Waals surface area contributed by atoms with Gasteiger partial charge in [0.2, 0.25) is 0 Å². The highest BCUT2D eigenvalue weighted by atomic mass is 35.5. The van der Waals surface area contributed by atoms with Gasteiger partial charge in [-0.3, -0.25) is 0 Å². The standard InChI is InChI=1S/C9H7ClO2/c1-2-5-12-9-6-7(11)3-4-8(9)10/h1,3-4,6,11H,5H2. The molecule has 0 fully saturated rings. The lowest BCUT2D eigenvalue weighted by Gasteiger charge is -2.04. The molecule has 0 aliphatic heterocycles. The molecule has 1 N–H and O–H groups in total. The quantitative estimate of drug-likeness (QED) is 0.710. The van der Waals surface area contributed by atoms with Crippen molar-refractivity contribution in [3.63, 3.8) is 0 Å². The van der Waals surface area contributed by atoms with Gasteiger partial charge in [0.25, 0.3) is 0 Å². The van der Waals surface area contributed by atoms with Crippen LogP contribution in [0.25, 0.3) is 0 Å². The van der Waals surface area contributed by atoms with Gasteiger partial charge < -0.3 is 9.84 Å². The number of aromatic hydroxyl groups is 1. The van der Waals surface area contributed by atoms with Crippen molar-refractivity contribution < 1.29 is 9.84 Å². The van der Waals surface area contributed by atoms with Crippen LogP contribution in [0.3, 0.4) is 0 Å². The summed E-state index contributed by atoms with van der Waals surface area (Å²) in [7, 11) is 0. The lowest BCUT2D eigenvalue weighted by Crippen LogP contribution is -1.93. The highest BCUT2D eigenvalue weighted by Crippen LogP contribution is 2.27. The fraction of sp³-hybridized carbons (Fsp3) is 0.111. The van der Waals surface area contributed by atoms with Crippen molar-refractivity contribution in [2.45, 2.75) is 0 Å². The lowest BCUT2D eigenvalue weighted by molar-refractivity contribution is 0.367. The number of terminal acetylenes is 1. The first kappa shape index (κ1) is 8.76. The largest absolute Gasteiger partial charge is 0.508 e. The second-order valence-corrected chi connectivity index (χ2v) is 2.51. The predicted molar refractivity (Wildman–Crippen MR) is 47.4 cm³/mol. The second-order valence-electron chi connectivity index (χ2n) is 2.11. The van der Waals surface area contributed by atoms with E-state index in [1.54, 1.807) is 6.07 Å². The van der Waals surface area contributed by atoms with Crippen molar-refractivity contribution in [3.8, 4) is 23.8 Å². The Morgan fingerprint density at radius 2 is 2.33 bits per heavy atom. The van der Waals surface area contributed by atoms with Crippen molar-refractivity contribution >= 4 is 11.6 Å². The molecule has 0 atom stereocenters. The van der Waals surface area contributed by atoms with Gasteiger partial charge in [-0.05, 0) is 12.1 Å². The number of hydrogen-bond acceptors (Lipinski definition) is 2. The molecule has 0 radical (unpaired) electrons. The Balaban J connectivity index is 2.84. The Morgan fingerprint density at radius 1 is 1.58 bits per heavy atom. The molecule has 0 bridgehead atoms. The molecule has 2 nitrogen and oxygen atoms in total. The van der Waals surface area contributed by atoms with Gasteiger partial charge in [0.1, 0.15) is 18.1 Å². The van der Waals surface area contributed by atoms with E-state index in [0.29, 0.717) is 10.8 Å². The van der Waals surface area contributed by atoms with Gasteiger partial charge in [-0.1, -0.05) is 17.5 Å². The normalized spacial score (nSPS) is 9.00. The summed E-state index contributed by atoms with van der Waals surface area (Å²) in [4.78, 5) is 0. The third kappa shape index (κ3) is 2.08. The predicted octanol–water partition coefficient (Wildman–Crippen LogP) is 2.06. The monoisotopic (exact) mass is 182 g/mol. The minimum atomic E-state index is 0.103. The first-order valence-corrected chi connectivity index (χ1v) is 3.66. The molecule has 0 saturated heterocycles. The molecule has 0 saturated carbocycles. The van der Waals surface area contributed by atoms with E-state index in [1.807, 2.05) is 0 Å². The average Bonchev–Trinajstić information content (AvgIpc) is 2.07. The van der Waals surface area contributed by atoms with Crippen LogP contribution in [0.15, 0.2) is 18.2 Å². The van der Waals surface area contributed by atoms with E-state index in [2.05, 4.69) is 5.92 Å². The molecule has 0 amide bonds.